The normalized spacial score (nSPS) is 23.2. The molecule has 1 aliphatic carbocycles. The summed E-state index contributed by atoms with van der Waals surface area (Å²) >= 11 is 2.03. The predicted octanol–water partition coefficient (Wildman–Crippen LogP) is 0.573. The molecule has 6 heteroatoms. The summed E-state index contributed by atoms with van der Waals surface area (Å²) in [7, 11) is 1.78. The molecule has 1 amide bonds. The van der Waals surface area contributed by atoms with E-state index >= 15 is 0 Å². The lowest BCUT2D eigenvalue weighted by atomic mass is 10.2. The van der Waals surface area contributed by atoms with E-state index in [2.05, 4.69) is 20.9 Å². The molecule has 1 aliphatic heterocycles. The van der Waals surface area contributed by atoms with Gasteiger partial charge in [-0.15, -0.1) is 0 Å². The Balaban J connectivity index is 1.53. The van der Waals surface area contributed by atoms with Crippen LogP contribution in [0.2, 0.25) is 0 Å². The molecule has 0 aromatic rings. The Hall–Kier alpha value is -0.910. The van der Waals surface area contributed by atoms with Crippen LogP contribution in [-0.2, 0) is 4.79 Å². The Kier molecular flexibility index (Phi) is 5.82. The van der Waals surface area contributed by atoms with Crippen molar-refractivity contribution in [3.8, 4) is 0 Å². The van der Waals surface area contributed by atoms with E-state index in [4.69, 9.17) is 0 Å². The van der Waals surface area contributed by atoms with Crippen LogP contribution in [0.1, 0.15) is 25.7 Å². The maximum atomic E-state index is 11.4. The quantitative estimate of drug-likeness (QED) is 0.379. The first-order valence-corrected chi connectivity index (χ1v) is 8.18. The minimum atomic E-state index is 0.201. The minimum absolute atomic E-state index is 0.201. The van der Waals surface area contributed by atoms with Gasteiger partial charge in [-0.25, -0.2) is 0 Å². The second kappa shape index (κ2) is 7.62. The lowest BCUT2D eigenvalue weighted by Gasteiger charge is -2.14. The number of carbonyl (C=O) groups excluding carboxylic acids is 1. The zero-order valence-electron chi connectivity index (χ0n) is 11.6. The summed E-state index contributed by atoms with van der Waals surface area (Å²) in [6.45, 7) is 2.35. The average molecular weight is 284 g/mol. The largest absolute Gasteiger partial charge is 0.355 e. The molecule has 1 atom stereocenters. The van der Waals surface area contributed by atoms with Crippen LogP contribution in [0.25, 0.3) is 0 Å². The van der Waals surface area contributed by atoms with Crippen molar-refractivity contribution in [1.82, 2.24) is 16.0 Å². The predicted molar refractivity (Wildman–Crippen MR) is 80.6 cm³/mol. The van der Waals surface area contributed by atoms with Crippen molar-refractivity contribution in [3.63, 3.8) is 0 Å². The molecule has 0 spiro atoms. The monoisotopic (exact) mass is 284 g/mol. The molecule has 3 N–H and O–H groups in total. The van der Waals surface area contributed by atoms with E-state index in [0.29, 0.717) is 11.8 Å². The summed E-state index contributed by atoms with van der Waals surface area (Å²) in [5, 5.41) is 10.2. The highest BCUT2D eigenvalue weighted by molar-refractivity contribution is 8.00. The molecule has 1 saturated carbocycles. The summed E-state index contributed by atoms with van der Waals surface area (Å²) in [6, 6.07) is 0. The molecule has 2 fully saturated rings. The van der Waals surface area contributed by atoms with Gasteiger partial charge in [0, 0.05) is 37.8 Å². The van der Waals surface area contributed by atoms with E-state index in [-0.39, 0.29) is 11.8 Å². The Morgan fingerprint density at radius 2 is 2.00 bits per heavy atom. The van der Waals surface area contributed by atoms with Crippen molar-refractivity contribution in [1.29, 1.82) is 0 Å². The highest BCUT2D eigenvalue weighted by Gasteiger charge is 2.28. The Bertz CT molecular complexity index is 325. The maximum Gasteiger partial charge on any atom is 0.223 e. The number of thioether (sulfide) groups is 1. The third kappa shape index (κ3) is 5.30. The fourth-order valence-corrected chi connectivity index (χ4v) is 3.29. The Morgan fingerprint density at radius 1 is 1.21 bits per heavy atom. The van der Waals surface area contributed by atoms with Gasteiger partial charge >= 0.3 is 0 Å². The summed E-state index contributed by atoms with van der Waals surface area (Å²) in [5.41, 5.74) is 0. The van der Waals surface area contributed by atoms with Crippen molar-refractivity contribution < 1.29 is 4.79 Å². The van der Waals surface area contributed by atoms with Gasteiger partial charge in [0.1, 0.15) is 0 Å². The van der Waals surface area contributed by atoms with Crippen LogP contribution >= 0.6 is 11.8 Å². The van der Waals surface area contributed by atoms with Crippen LogP contribution in [0.4, 0.5) is 0 Å². The number of rotatable bonds is 6. The molecular formula is C13H24N4OS. The highest BCUT2D eigenvalue weighted by Crippen LogP contribution is 2.28. The number of nitrogens with one attached hydrogen (secondary N) is 3. The number of guanidine groups is 1. The molecule has 5 nitrogen and oxygen atoms in total. The minimum Gasteiger partial charge on any atom is -0.355 e. The van der Waals surface area contributed by atoms with Gasteiger partial charge in [0.25, 0.3) is 0 Å². The maximum absolute atomic E-state index is 11.4. The van der Waals surface area contributed by atoms with Gasteiger partial charge in [-0.1, -0.05) is 0 Å². The zero-order chi connectivity index (χ0) is 13.5. The van der Waals surface area contributed by atoms with Crippen molar-refractivity contribution in [2.75, 3.05) is 32.4 Å². The first kappa shape index (κ1) is 14.5. The van der Waals surface area contributed by atoms with Crippen LogP contribution in [0.5, 0.6) is 0 Å². The number of hydrogen-bond donors (Lipinski definition) is 3. The van der Waals surface area contributed by atoms with Crippen molar-refractivity contribution in [3.05, 3.63) is 0 Å². The summed E-state index contributed by atoms with van der Waals surface area (Å²) in [5.74, 6) is 2.60. The third-order valence-electron chi connectivity index (χ3n) is 3.41. The molecule has 1 saturated heterocycles. The van der Waals surface area contributed by atoms with Crippen molar-refractivity contribution in [2.24, 2.45) is 10.9 Å². The number of hydrogen-bond acceptors (Lipinski definition) is 3. The molecule has 0 aromatic heterocycles. The first-order valence-electron chi connectivity index (χ1n) is 7.13. The molecular weight excluding hydrogens is 260 g/mol. The van der Waals surface area contributed by atoms with E-state index in [1.54, 1.807) is 7.05 Å². The second-order valence-electron chi connectivity index (χ2n) is 5.08. The molecule has 0 bridgehead atoms. The SMILES string of the molecule is CN=C(NCCNC(=O)C1CC1)NCC1CCCS1. The fourth-order valence-electron chi connectivity index (χ4n) is 2.09. The first-order chi connectivity index (χ1) is 9.29. The Labute approximate surface area is 119 Å². The van der Waals surface area contributed by atoms with Crippen LogP contribution < -0.4 is 16.0 Å². The van der Waals surface area contributed by atoms with Gasteiger partial charge in [-0.3, -0.25) is 9.79 Å². The number of aliphatic imine (C=N–C) groups is 1. The molecule has 0 radical (unpaired) electrons. The molecule has 1 heterocycles. The van der Waals surface area contributed by atoms with Crippen molar-refractivity contribution in [2.45, 2.75) is 30.9 Å². The van der Waals surface area contributed by atoms with Gasteiger partial charge < -0.3 is 16.0 Å². The second-order valence-corrected chi connectivity index (χ2v) is 6.49. The van der Waals surface area contributed by atoms with E-state index in [1.165, 1.54) is 18.6 Å². The molecule has 0 aromatic carbocycles. The van der Waals surface area contributed by atoms with Crippen LogP contribution in [-0.4, -0.2) is 49.6 Å². The zero-order valence-corrected chi connectivity index (χ0v) is 12.4. The standard InChI is InChI=1S/C13H24N4OS/c1-14-13(17-9-11-3-2-8-19-11)16-7-6-15-12(18)10-4-5-10/h10-11H,2-9H2,1H3,(H,15,18)(H2,14,16,17). The van der Waals surface area contributed by atoms with Gasteiger partial charge in [0.15, 0.2) is 5.96 Å². The molecule has 19 heavy (non-hydrogen) atoms. The lowest BCUT2D eigenvalue weighted by Crippen LogP contribution is -2.43. The summed E-state index contributed by atoms with van der Waals surface area (Å²) < 4.78 is 0. The van der Waals surface area contributed by atoms with E-state index in [1.807, 2.05) is 11.8 Å². The van der Waals surface area contributed by atoms with Crippen LogP contribution in [0, 0.1) is 5.92 Å². The number of nitrogens with zero attached hydrogens (tertiary/aromatic N) is 1. The van der Waals surface area contributed by atoms with E-state index in [9.17, 15) is 4.79 Å². The molecule has 1 unspecified atom stereocenters. The topological polar surface area (TPSA) is 65.5 Å². The van der Waals surface area contributed by atoms with Gasteiger partial charge in [-0.05, 0) is 31.4 Å². The van der Waals surface area contributed by atoms with Gasteiger partial charge in [0.05, 0.1) is 0 Å². The van der Waals surface area contributed by atoms with Gasteiger partial charge in [0.2, 0.25) is 5.91 Å². The summed E-state index contributed by atoms with van der Waals surface area (Å²) in [4.78, 5) is 15.6. The van der Waals surface area contributed by atoms with E-state index in [0.717, 1.165) is 31.9 Å². The average Bonchev–Trinajstić information content (AvgIpc) is 3.15. The number of amides is 1. The van der Waals surface area contributed by atoms with Crippen molar-refractivity contribution >= 4 is 23.6 Å². The Morgan fingerprint density at radius 3 is 2.63 bits per heavy atom. The molecule has 108 valence electrons. The van der Waals surface area contributed by atoms with Gasteiger partial charge in [-0.2, -0.15) is 11.8 Å². The van der Waals surface area contributed by atoms with Crippen LogP contribution in [0.15, 0.2) is 4.99 Å². The van der Waals surface area contributed by atoms with E-state index < -0.39 is 0 Å². The molecule has 2 rings (SSSR count). The number of carbonyl (C=O) groups is 1. The van der Waals surface area contributed by atoms with Crippen LogP contribution in [0.3, 0.4) is 0 Å². The smallest absolute Gasteiger partial charge is 0.223 e. The summed E-state index contributed by atoms with van der Waals surface area (Å²) in [6.07, 6.45) is 4.74. The fraction of sp³-hybridized carbons (Fsp3) is 0.846. The highest BCUT2D eigenvalue weighted by atomic mass is 32.2. The lowest BCUT2D eigenvalue weighted by molar-refractivity contribution is -0.122. The molecule has 2 aliphatic rings. The third-order valence-corrected chi connectivity index (χ3v) is 4.81.